The van der Waals surface area contributed by atoms with Crippen LogP contribution in [0.5, 0.6) is 0 Å². The van der Waals surface area contributed by atoms with Gasteiger partial charge in [0.05, 0.1) is 6.67 Å². The summed E-state index contributed by atoms with van der Waals surface area (Å²) in [7, 11) is 0. The van der Waals surface area contributed by atoms with E-state index in [4.69, 9.17) is 0 Å². The van der Waals surface area contributed by atoms with Crippen LogP contribution in [0.4, 0.5) is 4.39 Å². The molecule has 0 aromatic rings. The molecule has 0 saturated carbocycles. The maximum Gasteiger partial charge on any atom is 0.0919 e. The Bertz CT molecular complexity index is 91.5. The SMILES string of the molecule is CC(CF)CCCC(C)(C)C. The van der Waals surface area contributed by atoms with E-state index in [1.165, 1.54) is 6.42 Å². The minimum absolute atomic E-state index is 0.163. The molecule has 0 spiro atoms. The zero-order valence-corrected chi connectivity index (χ0v) is 8.28. The van der Waals surface area contributed by atoms with Crippen LogP contribution in [0.2, 0.25) is 0 Å². The zero-order valence-electron chi connectivity index (χ0n) is 8.28. The van der Waals surface area contributed by atoms with Gasteiger partial charge in [-0.3, -0.25) is 4.39 Å². The second-order valence-electron chi connectivity index (χ2n) is 4.71. The molecule has 68 valence electrons. The van der Waals surface area contributed by atoms with Gasteiger partial charge in [-0.1, -0.05) is 34.1 Å². The van der Waals surface area contributed by atoms with Gasteiger partial charge < -0.3 is 0 Å². The van der Waals surface area contributed by atoms with Gasteiger partial charge in [-0.2, -0.15) is 0 Å². The maximum atomic E-state index is 12.0. The smallest absolute Gasteiger partial charge is 0.0919 e. The standard InChI is InChI=1S/C10H21F/c1-9(8-11)6-5-7-10(2,3)4/h9H,5-8H2,1-4H3. The molecule has 0 bridgehead atoms. The van der Waals surface area contributed by atoms with E-state index < -0.39 is 0 Å². The molecule has 11 heavy (non-hydrogen) atoms. The quantitative estimate of drug-likeness (QED) is 0.586. The summed E-state index contributed by atoms with van der Waals surface area (Å²) in [5.41, 5.74) is 0.413. The molecule has 1 heteroatoms. The molecule has 0 aliphatic heterocycles. The van der Waals surface area contributed by atoms with Crippen LogP contribution >= 0.6 is 0 Å². The molecule has 0 radical (unpaired) electrons. The first-order valence-electron chi connectivity index (χ1n) is 4.51. The van der Waals surface area contributed by atoms with Gasteiger partial charge in [0.25, 0.3) is 0 Å². The fraction of sp³-hybridized carbons (Fsp3) is 1.00. The van der Waals surface area contributed by atoms with E-state index in [9.17, 15) is 4.39 Å². The lowest BCUT2D eigenvalue weighted by atomic mass is 9.88. The molecular formula is C10H21F. The topological polar surface area (TPSA) is 0 Å². The normalized spacial score (nSPS) is 15.0. The molecule has 0 aliphatic carbocycles. The van der Waals surface area contributed by atoms with E-state index in [0.717, 1.165) is 12.8 Å². The highest BCUT2D eigenvalue weighted by Gasteiger charge is 2.10. The lowest BCUT2D eigenvalue weighted by Gasteiger charge is -2.18. The highest BCUT2D eigenvalue weighted by molar-refractivity contribution is 4.62. The molecule has 0 aromatic heterocycles. The van der Waals surface area contributed by atoms with Crippen molar-refractivity contribution < 1.29 is 4.39 Å². The molecule has 0 aliphatic rings. The Hall–Kier alpha value is -0.0700. The Morgan fingerprint density at radius 3 is 2.18 bits per heavy atom. The summed E-state index contributed by atoms with van der Waals surface area (Å²) in [5.74, 6) is 0.261. The minimum atomic E-state index is -0.163. The number of hydrogen-bond donors (Lipinski definition) is 0. The largest absolute Gasteiger partial charge is 0.251 e. The van der Waals surface area contributed by atoms with E-state index in [0.29, 0.717) is 5.41 Å². The third kappa shape index (κ3) is 7.83. The number of rotatable bonds is 4. The van der Waals surface area contributed by atoms with Crippen molar-refractivity contribution in [3.63, 3.8) is 0 Å². The second-order valence-corrected chi connectivity index (χ2v) is 4.71. The van der Waals surface area contributed by atoms with Crippen LogP contribution in [0.3, 0.4) is 0 Å². The summed E-state index contributed by atoms with van der Waals surface area (Å²) in [4.78, 5) is 0. The predicted octanol–water partition coefficient (Wildman–Crippen LogP) is 3.81. The molecule has 1 unspecified atom stereocenters. The van der Waals surface area contributed by atoms with Crippen LogP contribution in [0.25, 0.3) is 0 Å². The fourth-order valence-corrected chi connectivity index (χ4v) is 1.06. The number of alkyl halides is 1. The van der Waals surface area contributed by atoms with Crippen molar-refractivity contribution in [2.45, 2.75) is 47.0 Å². The molecule has 0 amide bonds. The van der Waals surface area contributed by atoms with Gasteiger partial charge in [-0.05, 0) is 24.2 Å². The average molecular weight is 160 g/mol. The molecule has 0 rings (SSSR count). The summed E-state index contributed by atoms with van der Waals surface area (Å²) in [6.45, 7) is 8.50. The monoisotopic (exact) mass is 160 g/mol. The van der Waals surface area contributed by atoms with E-state index in [2.05, 4.69) is 20.8 Å². The van der Waals surface area contributed by atoms with E-state index in [1.807, 2.05) is 6.92 Å². The van der Waals surface area contributed by atoms with Crippen LogP contribution in [-0.4, -0.2) is 6.67 Å². The summed E-state index contributed by atoms with van der Waals surface area (Å²) in [6.07, 6.45) is 3.40. The lowest BCUT2D eigenvalue weighted by molar-refractivity contribution is 0.313. The first kappa shape index (κ1) is 10.9. The van der Waals surface area contributed by atoms with Crippen molar-refractivity contribution >= 4 is 0 Å². The second kappa shape index (κ2) is 4.74. The van der Waals surface area contributed by atoms with E-state index >= 15 is 0 Å². The van der Waals surface area contributed by atoms with Crippen molar-refractivity contribution in [3.8, 4) is 0 Å². The molecule has 0 aromatic carbocycles. The van der Waals surface area contributed by atoms with Crippen molar-refractivity contribution in [1.82, 2.24) is 0 Å². The molecular weight excluding hydrogens is 139 g/mol. The fourth-order valence-electron chi connectivity index (χ4n) is 1.06. The number of halogens is 1. The Morgan fingerprint density at radius 2 is 1.82 bits per heavy atom. The van der Waals surface area contributed by atoms with Gasteiger partial charge >= 0.3 is 0 Å². The molecule has 1 atom stereocenters. The Morgan fingerprint density at radius 1 is 1.27 bits per heavy atom. The summed E-state index contributed by atoms with van der Waals surface area (Å²) in [6, 6.07) is 0. The van der Waals surface area contributed by atoms with Gasteiger partial charge in [0.15, 0.2) is 0 Å². The summed E-state index contributed by atoms with van der Waals surface area (Å²) >= 11 is 0. The molecule has 0 N–H and O–H groups in total. The van der Waals surface area contributed by atoms with Crippen LogP contribution in [0.1, 0.15) is 47.0 Å². The Labute approximate surface area is 70.2 Å². The summed E-state index contributed by atoms with van der Waals surface area (Å²) < 4.78 is 12.0. The third-order valence-electron chi connectivity index (χ3n) is 1.89. The molecule has 0 fully saturated rings. The maximum absolute atomic E-state index is 12.0. The van der Waals surface area contributed by atoms with Crippen LogP contribution in [-0.2, 0) is 0 Å². The van der Waals surface area contributed by atoms with E-state index in [1.54, 1.807) is 0 Å². The molecule has 0 heterocycles. The van der Waals surface area contributed by atoms with Crippen molar-refractivity contribution in [1.29, 1.82) is 0 Å². The van der Waals surface area contributed by atoms with E-state index in [-0.39, 0.29) is 12.6 Å². The molecule has 0 nitrogen and oxygen atoms in total. The van der Waals surface area contributed by atoms with Crippen molar-refractivity contribution in [2.75, 3.05) is 6.67 Å². The van der Waals surface area contributed by atoms with Gasteiger partial charge in [0.2, 0.25) is 0 Å². The predicted molar refractivity (Wildman–Crippen MR) is 48.4 cm³/mol. The zero-order chi connectivity index (χ0) is 8.91. The Kier molecular flexibility index (Phi) is 4.71. The van der Waals surface area contributed by atoms with Gasteiger partial charge in [0.1, 0.15) is 0 Å². The van der Waals surface area contributed by atoms with Crippen molar-refractivity contribution in [3.05, 3.63) is 0 Å². The Balaban J connectivity index is 3.28. The van der Waals surface area contributed by atoms with Crippen molar-refractivity contribution in [2.24, 2.45) is 11.3 Å². The summed E-state index contributed by atoms with van der Waals surface area (Å²) in [5, 5.41) is 0. The first-order chi connectivity index (χ1) is 4.95. The average Bonchev–Trinajstić information content (AvgIpc) is 1.85. The first-order valence-corrected chi connectivity index (χ1v) is 4.51. The van der Waals surface area contributed by atoms with Crippen LogP contribution < -0.4 is 0 Å². The number of hydrogen-bond acceptors (Lipinski definition) is 0. The molecule has 0 saturated heterocycles. The highest BCUT2D eigenvalue weighted by atomic mass is 19.1. The van der Waals surface area contributed by atoms with Gasteiger partial charge in [-0.15, -0.1) is 0 Å². The lowest BCUT2D eigenvalue weighted by Crippen LogP contribution is -2.06. The minimum Gasteiger partial charge on any atom is -0.251 e. The van der Waals surface area contributed by atoms with Crippen LogP contribution in [0.15, 0.2) is 0 Å². The third-order valence-corrected chi connectivity index (χ3v) is 1.89. The van der Waals surface area contributed by atoms with Gasteiger partial charge in [-0.25, -0.2) is 0 Å². The van der Waals surface area contributed by atoms with Crippen LogP contribution in [0, 0.1) is 11.3 Å². The highest BCUT2D eigenvalue weighted by Crippen LogP contribution is 2.23. The van der Waals surface area contributed by atoms with Gasteiger partial charge in [0, 0.05) is 0 Å².